The van der Waals surface area contributed by atoms with Crippen LogP contribution in [0.3, 0.4) is 0 Å². The zero-order valence-corrected chi connectivity index (χ0v) is 20.2. The number of thiophene rings is 1. The van der Waals surface area contributed by atoms with Gasteiger partial charge in [0.2, 0.25) is 0 Å². The van der Waals surface area contributed by atoms with E-state index < -0.39 is 0 Å². The topological polar surface area (TPSA) is 53.6 Å². The van der Waals surface area contributed by atoms with Crippen LogP contribution >= 0.6 is 11.3 Å². The van der Waals surface area contributed by atoms with Crippen LogP contribution in [0.5, 0.6) is 5.75 Å². The Labute approximate surface area is 209 Å². The number of hydrogen-bond donors (Lipinski definition) is 2. The fourth-order valence-corrected chi connectivity index (χ4v) is 6.12. The van der Waals surface area contributed by atoms with Crippen LogP contribution in [-0.2, 0) is 26.1 Å². The Morgan fingerprint density at radius 3 is 2.34 bits per heavy atom. The molecule has 5 nitrogen and oxygen atoms in total. The fraction of sp³-hybridized carbons (Fsp3) is 0.207. The number of nitrogens with zero attached hydrogens (tertiary/aromatic N) is 1. The van der Waals surface area contributed by atoms with Gasteiger partial charge in [-0.1, -0.05) is 72.8 Å². The molecule has 6 rings (SSSR count). The Hall–Kier alpha value is -3.61. The number of benzene rings is 3. The van der Waals surface area contributed by atoms with Crippen molar-refractivity contribution in [1.29, 1.82) is 0 Å². The summed E-state index contributed by atoms with van der Waals surface area (Å²) in [4.78, 5) is 16.9. The number of ether oxygens (including phenoxy) is 1. The zero-order valence-electron chi connectivity index (χ0n) is 19.4. The summed E-state index contributed by atoms with van der Waals surface area (Å²) >= 11 is 1.72. The highest BCUT2D eigenvalue weighted by Gasteiger charge is 2.33. The van der Waals surface area contributed by atoms with E-state index in [9.17, 15) is 4.79 Å². The molecule has 3 aromatic carbocycles. The van der Waals surface area contributed by atoms with E-state index in [-0.39, 0.29) is 12.1 Å². The lowest BCUT2D eigenvalue weighted by Crippen LogP contribution is -2.38. The number of amides is 1. The lowest BCUT2D eigenvalue weighted by Gasteiger charge is -2.28. The third-order valence-electron chi connectivity index (χ3n) is 6.62. The van der Waals surface area contributed by atoms with Crippen molar-refractivity contribution in [1.82, 2.24) is 10.2 Å². The first-order valence-corrected chi connectivity index (χ1v) is 12.8. The summed E-state index contributed by atoms with van der Waals surface area (Å²) in [5, 5.41) is 7.71. The molecule has 0 unspecified atom stereocenters. The monoisotopic (exact) mass is 481 g/mol. The van der Waals surface area contributed by atoms with Gasteiger partial charge in [-0.25, -0.2) is 0 Å². The molecule has 35 heavy (non-hydrogen) atoms. The largest absolute Gasteiger partial charge is 0.489 e. The zero-order chi connectivity index (χ0) is 23.6. The quantitative estimate of drug-likeness (QED) is 0.369. The second-order valence-electron chi connectivity index (χ2n) is 9.05. The van der Waals surface area contributed by atoms with Crippen molar-refractivity contribution < 1.29 is 9.53 Å². The smallest absolute Gasteiger partial charge is 0.256 e. The van der Waals surface area contributed by atoms with Gasteiger partial charge in [-0.2, -0.15) is 0 Å². The molecule has 6 heteroatoms. The Bertz CT molecular complexity index is 1320. The lowest BCUT2D eigenvalue weighted by molar-refractivity contribution is 0.0934. The average Bonchev–Trinajstić information content (AvgIpc) is 3.27. The lowest BCUT2D eigenvalue weighted by atomic mass is 10.00. The van der Waals surface area contributed by atoms with E-state index in [1.165, 1.54) is 16.0 Å². The van der Waals surface area contributed by atoms with Gasteiger partial charge in [-0.15, -0.1) is 11.3 Å². The summed E-state index contributed by atoms with van der Waals surface area (Å²) in [6, 6.07) is 28.6. The highest BCUT2D eigenvalue weighted by atomic mass is 32.1. The first-order chi connectivity index (χ1) is 17.2. The number of rotatable bonds is 6. The SMILES string of the molecule is O=C1N[C@H](c2ccc(OCc3ccccc3)cc2)Nc2sc3c(c21)CCN(Cc1ccccc1)C3. The van der Waals surface area contributed by atoms with Gasteiger partial charge in [0, 0.05) is 24.5 Å². The highest BCUT2D eigenvalue weighted by Crippen LogP contribution is 2.41. The predicted molar refractivity (Wildman–Crippen MR) is 140 cm³/mol. The fourth-order valence-electron chi connectivity index (χ4n) is 4.81. The van der Waals surface area contributed by atoms with Crippen LogP contribution in [0.4, 0.5) is 5.00 Å². The molecule has 3 heterocycles. The maximum Gasteiger partial charge on any atom is 0.256 e. The van der Waals surface area contributed by atoms with Crippen LogP contribution in [0.15, 0.2) is 84.9 Å². The van der Waals surface area contributed by atoms with Gasteiger partial charge >= 0.3 is 0 Å². The third kappa shape index (κ3) is 4.67. The maximum absolute atomic E-state index is 13.1. The molecular weight excluding hydrogens is 454 g/mol. The Balaban J connectivity index is 1.14. The number of carbonyl (C=O) groups is 1. The summed E-state index contributed by atoms with van der Waals surface area (Å²) in [6.45, 7) is 3.31. The van der Waals surface area contributed by atoms with Gasteiger partial charge in [0.15, 0.2) is 0 Å². The molecule has 0 fully saturated rings. The first kappa shape index (κ1) is 21.9. The normalized spacial score (nSPS) is 17.1. The second-order valence-corrected chi connectivity index (χ2v) is 10.2. The minimum absolute atomic E-state index is 0.0159. The van der Waals surface area contributed by atoms with Gasteiger partial charge in [0.1, 0.15) is 23.5 Å². The minimum Gasteiger partial charge on any atom is -0.489 e. The summed E-state index contributed by atoms with van der Waals surface area (Å²) in [6.07, 6.45) is 0.653. The molecule has 0 bridgehead atoms. The molecule has 0 spiro atoms. The van der Waals surface area contributed by atoms with Crippen molar-refractivity contribution in [2.45, 2.75) is 32.3 Å². The molecule has 4 aromatic rings. The van der Waals surface area contributed by atoms with Gasteiger partial charge in [0.25, 0.3) is 5.91 Å². The Morgan fingerprint density at radius 1 is 0.886 bits per heavy atom. The molecule has 1 aromatic heterocycles. The summed E-state index contributed by atoms with van der Waals surface area (Å²) < 4.78 is 5.91. The third-order valence-corrected chi connectivity index (χ3v) is 7.77. The number of fused-ring (bicyclic) bond motifs is 3. The average molecular weight is 482 g/mol. The van der Waals surface area contributed by atoms with Crippen molar-refractivity contribution in [3.63, 3.8) is 0 Å². The van der Waals surface area contributed by atoms with E-state index in [2.05, 4.69) is 58.0 Å². The molecule has 0 saturated carbocycles. The Kier molecular flexibility index (Phi) is 5.98. The first-order valence-electron chi connectivity index (χ1n) is 12.0. The molecule has 0 radical (unpaired) electrons. The summed E-state index contributed by atoms with van der Waals surface area (Å²) in [5.41, 5.74) is 5.51. The van der Waals surface area contributed by atoms with Crippen molar-refractivity contribution >= 4 is 22.2 Å². The standard InChI is InChI=1S/C29H27N3O2S/c33-28-26-24-15-16-32(17-20-7-3-1-4-8-20)18-25(24)35-29(26)31-27(30-28)22-11-13-23(14-12-22)34-19-21-9-5-2-6-10-21/h1-14,27,31H,15-19H2,(H,30,33)/t27-/m0/s1. The minimum atomic E-state index is -0.251. The van der Waals surface area contributed by atoms with E-state index in [1.54, 1.807) is 11.3 Å². The van der Waals surface area contributed by atoms with Crippen LogP contribution in [0.25, 0.3) is 0 Å². The molecular formula is C29H27N3O2S. The molecule has 2 aliphatic heterocycles. The second kappa shape index (κ2) is 9.56. The molecule has 0 saturated heterocycles. The number of nitrogens with one attached hydrogen (secondary N) is 2. The predicted octanol–water partition coefficient (Wildman–Crippen LogP) is 5.74. The molecule has 176 valence electrons. The van der Waals surface area contributed by atoms with E-state index >= 15 is 0 Å². The van der Waals surface area contributed by atoms with Crippen LogP contribution in [-0.4, -0.2) is 17.4 Å². The Morgan fingerprint density at radius 2 is 1.60 bits per heavy atom. The van der Waals surface area contributed by atoms with Crippen molar-refractivity contribution in [3.05, 3.63) is 118 Å². The highest BCUT2D eigenvalue weighted by molar-refractivity contribution is 7.16. The molecule has 2 aliphatic rings. The van der Waals surface area contributed by atoms with Crippen LogP contribution in [0.1, 0.15) is 43.7 Å². The summed E-state index contributed by atoms with van der Waals surface area (Å²) in [5.74, 6) is 0.827. The van der Waals surface area contributed by atoms with Crippen molar-refractivity contribution in [2.75, 3.05) is 11.9 Å². The van der Waals surface area contributed by atoms with Crippen molar-refractivity contribution in [2.24, 2.45) is 0 Å². The van der Waals surface area contributed by atoms with Crippen LogP contribution in [0.2, 0.25) is 0 Å². The van der Waals surface area contributed by atoms with Gasteiger partial charge < -0.3 is 15.4 Å². The van der Waals surface area contributed by atoms with Gasteiger partial charge in [-0.3, -0.25) is 9.69 Å². The van der Waals surface area contributed by atoms with E-state index in [1.807, 2.05) is 42.5 Å². The van der Waals surface area contributed by atoms with E-state index in [4.69, 9.17) is 4.74 Å². The number of carbonyl (C=O) groups excluding carboxylic acids is 1. The molecule has 1 atom stereocenters. The van der Waals surface area contributed by atoms with Crippen molar-refractivity contribution in [3.8, 4) is 5.75 Å². The van der Waals surface area contributed by atoms with Crippen LogP contribution in [0, 0.1) is 0 Å². The summed E-state index contributed by atoms with van der Waals surface area (Å²) in [7, 11) is 0. The number of anilines is 1. The van der Waals surface area contributed by atoms with E-state index in [0.717, 1.165) is 53.5 Å². The van der Waals surface area contributed by atoms with E-state index in [0.29, 0.717) is 6.61 Å². The van der Waals surface area contributed by atoms with Gasteiger partial charge in [-0.05, 0) is 40.8 Å². The maximum atomic E-state index is 13.1. The molecule has 2 N–H and O–H groups in total. The molecule has 1 amide bonds. The van der Waals surface area contributed by atoms with Crippen LogP contribution < -0.4 is 15.4 Å². The van der Waals surface area contributed by atoms with Gasteiger partial charge in [0.05, 0.1) is 5.56 Å². The molecule has 0 aliphatic carbocycles. The number of hydrogen-bond acceptors (Lipinski definition) is 5.